The molecule has 2 saturated heterocycles. The molecule has 1 atom stereocenters. The molecular formula is C24H29FN2O2. The maximum atomic E-state index is 14.4. The van der Waals surface area contributed by atoms with Crippen molar-refractivity contribution in [3.05, 3.63) is 65.7 Å². The molecule has 0 spiro atoms. The fourth-order valence-electron chi connectivity index (χ4n) is 4.83. The zero-order valence-corrected chi connectivity index (χ0v) is 16.9. The van der Waals surface area contributed by atoms with E-state index in [0.717, 1.165) is 32.2 Å². The minimum atomic E-state index is -0.556. The van der Waals surface area contributed by atoms with E-state index in [0.29, 0.717) is 38.0 Å². The van der Waals surface area contributed by atoms with Crippen LogP contribution in [0.25, 0.3) is 0 Å². The number of aryl methyl sites for hydroxylation is 1. The molecule has 0 aliphatic carbocycles. The summed E-state index contributed by atoms with van der Waals surface area (Å²) < 4.78 is 19.9. The number of carbonyl (C=O) groups excluding carboxylic acids is 1. The highest BCUT2D eigenvalue weighted by atomic mass is 19.1. The summed E-state index contributed by atoms with van der Waals surface area (Å²) in [6.07, 6.45) is 9.40. The van der Waals surface area contributed by atoms with Crippen LogP contribution in [0.2, 0.25) is 0 Å². The van der Waals surface area contributed by atoms with Crippen LogP contribution < -0.4 is 0 Å². The van der Waals surface area contributed by atoms with Crippen molar-refractivity contribution in [2.24, 2.45) is 5.41 Å². The standard InChI is InChI=1S/C24H29FN2O2/c25-22-6-2-1-4-20(22)18-24(11-16-29-17-12-24)23(28)27-15-3-5-21(27)8-7-19-9-13-26-14-10-19/h1-2,4,6,9-10,13-14,21H,3,5,7-8,11-12,15-18H2/t21-/m0/s1. The predicted octanol–water partition coefficient (Wildman–Crippen LogP) is 4.18. The fourth-order valence-corrected chi connectivity index (χ4v) is 4.83. The van der Waals surface area contributed by atoms with E-state index in [-0.39, 0.29) is 17.8 Å². The third-order valence-corrected chi connectivity index (χ3v) is 6.54. The summed E-state index contributed by atoms with van der Waals surface area (Å²) in [6.45, 7) is 1.94. The Labute approximate surface area is 172 Å². The second-order valence-corrected chi connectivity index (χ2v) is 8.35. The number of nitrogens with zero attached hydrogens (tertiary/aromatic N) is 2. The van der Waals surface area contributed by atoms with Crippen molar-refractivity contribution in [1.82, 2.24) is 9.88 Å². The normalized spacial score (nSPS) is 21.3. The number of ether oxygens (including phenoxy) is 1. The number of carbonyl (C=O) groups is 1. The molecule has 0 N–H and O–H groups in total. The van der Waals surface area contributed by atoms with E-state index in [1.54, 1.807) is 6.07 Å². The van der Waals surface area contributed by atoms with Gasteiger partial charge in [0.2, 0.25) is 5.91 Å². The van der Waals surface area contributed by atoms with Crippen molar-refractivity contribution < 1.29 is 13.9 Å². The quantitative estimate of drug-likeness (QED) is 0.736. The van der Waals surface area contributed by atoms with Crippen molar-refractivity contribution in [3.63, 3.8) is 0 Å². The van der Waals surface area contributed by atoms with E-state index in [2.05, 4.69) is 9.88 Å². The summed E-state index contributed by atoms with van der Waals surface area (Å²) in [4.78, 5) is 20.0. The van der Waals surface area contributed by atoms with Crippen molar-refractivity contribution in [2.45, 2.75) is 51.0 Å². The molecule has 29 heavy (non-hydrogen) atoms. The van der Waals surface area contributed by atoms with Gasteiger partial charge in [0.1, 0.15) is 5.82 Å². The lowest BCUT2D eigenvalue weighted by Crippen LogP contribution is -2.50. The average Bonchev–Trinajstić information content (AvgIpc) is 3.23. The van der Waals surface area contributed by atoms with Gasteiger partial charge in [-0.2, -0.15) is 0 Å². The lowest BCUT2D eigenvalue weighted by Gasteiger charge is -2.40. The number of benzene rings is 1. The van der Waals surface area contributed by atoms with Crippen LogP contribution in [0.1, 0.15) is 43.2 Å². The van der Waals surface area contributed by atoms with E-state index in [1.807, 2.05) is 36.7 Å². The van der Waals surface area contributed by atoms with Gasteiger partial charge in [0.15, 0.2) is 0 Å². The first-order chi connectivity index (χ1) is 14.2. The number of pyridine rings is 1. The lowest BCUT2D eigenvalue weighted by molar-refractivity contribution is -0.149. The van der Waals surface area contributed by atoms with Crippen LogP contribution in [0.15, 0.2) is 48.8 Å². The second kappa shape index (κ2) is 9.04. The minimum Gasteiger partial charge on any atom is -0.381 e. The Hall–Kier alpha value is -2.27. The van der Waals surface area contributed by atoms with Gasteiger partial charge in [-0.25, -0.2) is 4.39 Å². The SMILES string of the molecule is O=C(N1CCC[C@H]1CCc1ccncc1)C1(Cc2ccccc2F)CCOCC1. The number of amides is 1. The molecule has 2 aromatic rings. The zero-order chi connectivity index (χ0) is 20.1. The van der Waals surface area contributed by atoms with Crippen LogP contribution in [0.5, 0.6) is 0 Å². The lowest BCUT2D eigenvalue weighted by atomic mass is 9.73. The van der Waals surface area contributed by atoms with Crippen molar-refractivity contribution in [1.29, 1.82) is 0 Å². The monoisotopic (exact) mass is 396 g/mol. The Balaban J connectivity index is 1.51. The topological polar surface area (TPSA) is 42.4 Å². The number of likely N-dealkylation sites (tertiary alicyclic amines) is 1. The van der Waals surface area contributed by atoms with Crippen LogP contribution in [0.4, 0.5) is 4.39 Å². The van der Waals surface area contributed by atoms with Crippen molar-refractivity contribution in [2.75, 3.05) is 19.8 Å². The van der Waals surface area contributed by atoms with Crippen LogP contribution in [-0.4, -0.2) is 41.6 Å². The average molecular weight is 397 g/mol. The number of aromatic nitrogens is 1. The van der Waals surface area contributed by atoms with E-state index >= 15 is 0 Å². The molecule has 4 nitrogen and oxygen atoms in total. The number of hydrogen-bond acceptors (Lipinski definition) is 3. The maximum absolute atomic E-state index is 14.4. The third-order valence-electron chi connectivity index (χ3n) is 6.54. The van der Waals surface area contributed by atoms with E-state index in [4.69, 9.17) is 4.74 Å². The molecule has 0 saturated carbocycles. The fraction of sp³-hybridized carbons (Fsp3) is 0.500. The number of rotatable bonds is 6. The molecular weight excluding hydrogens is 367 g/mol. The molecule has 5 heteroatoms. The summed E-state index contributed by atoms with van der Waals surface area (Å²) in [7, 11) is 0. The van der Waals surface area contributed by atoms with Crippen LogP contribution in [-0.2, 0) is 22.4 Å². The molecule has 4 rings (SSSR count). The third kappa shape index (κ3) is 4.50. The van der Waals surface area contributed by atoms with Gasteiger partial charge < -0.3 is 9.64 Å². The maximum Gasteiger partial charge on any atom is 0.229 e. The summed E-state index contributed by atoms with van der Waals surface area (Å²) >= 11 is 0. The summed E-state index contributed by atoms with van der Waals surface area (Å²) in [5.41, 5.74) is 1.33. The summed E-state index contributed by atoms with van der Waals surface area (Å²) in [5, 5.41) is 0. The number of halogens is 1. The van der Waals surface area contributed by atoms with E-state index in [1.165, 1.54) is 11.6 Å². The highest BCUT2D eigenvalue weighted by molar-refractivity contribution is 5.84. The van der Waals surface area contributed by atoms with Crippen LogP contribution in [0.3, 0.4) is 0 Å². The molecule has 0 unspecified atom stereocenters. The molecule has 154 valence electrons. The Kier molecular flexibility index (Phi) is 6.24. The van der Waals surface area contributed by atoms with Gasteiger partial charge in [0.05, 0.1) is 5.41 Å². The minimum absolute atomic E-state index is 0.196. The zero-order valence-electron chi connectivity index (χ0n) is 16.9. The van der Waals surface area contributed by atoms with E-state index in [9.17, 15) is 9.18 Å². The predicted molar refractivity (Wildman–Crippen MR) is 110 cm³/mol. The molecule has 0 bridgehead atoms. The molecule has 1 aromatic carbocycles. The Bertz CT molecular complexity index is 821. The van der Waals surface area contributed by atoms with Crippen molar-refractivity contribution >= 4 is 5.91 Å². The van der Waals surface area contributed by atoms with Gasteiger partial charge in [0, 0.05) is 38.2 Å². The number of hydrogen-bond donors (Lipinski definition) is 0. The first-order valence-electron chi connectivity index (χ1n) is 10.7. The molecule has 1 amide bonds. The molecule has 2 aliphatic heterocycles. The van der Waals surface area contributed by atoms with Gasteiger partial charge >= 0.3 is 0 Å². The summed E-state index contributed by atoms with van der Waals surface area (Å²) in [6, 6.07) is 11.2. The molecule has 0 radical (unpaired) electrons. The van der Waals surface area contributed by atoms with Gasteiger partial charge in [-0.1, -0.05) is 18.2 Å². The summed E-state index contributed by atoms with van der Waals surface area (Å²) in [5.74, 6) is -0.0249. The second-order valence-electron chi connectivity index (χ2n) is 8.35. The highest BCUT2D eigenvalue weighted by Gasteiger charge is 2.45. The Morgan fingerprint density at radius 1 is 1.17 bits per heavy atom. The Morgan fingerprint density at radius 2 is 1.93 bits per heavy atom. The first kappa shape index (κ1) is 20.0. The van der Waals surface area contributed by atoms with E-state index < -0.39 is 5.41 Å². The van der Waals surface area contributed by atoms with Crippen LogP contribution in [0, 0.1) is 11.2 Å². The largest absolute Gasteiger partial charge is 0.381 e. The van der Waals surface area contributed by atoms with Gasteiger partial charge in [-0.3, -0.25) is 9.78 Å². The van der Waals surface area contributed by atoms with Gasteiger partial charge in [-0.05, 0) is 74.3 Å². The smallest absolute Gasteiger partial charge is 0.229 e. The van der Waals surface area contributed by atoms with Gasteiger partial charge in [0.25, 0.3) is 0 Å². The van der Waals surface area contributed by atoms with Crippen LogP contribution >= 0.6 is 0 Å². The molecule has 1 aromatic heterocycles. The first-order valence-corrected chi connectivity index (χ1v) is 10.7. The molecule has 2 fully saturated rings. The van der Waals surface area contributed by atoms with Crippen molar-refractivity contribution in [3.8, 4) is 0 Å². The molecule has 2 aliphatic rings. The highest BCUT2D eigenvalue weighted by Crippen LogP contribution is 2.39. The van der Waals surface area contributed by atoms with Gasteiger partial charge in [-0.15, -0.1) is 0 Å². The molecule has 3 heterocycles. The Morgan fingerprint density at radius 3 is 2.69 bits per heavy atom.